The van der Waals surface area contributed by atoms with E-state index in [1.165, 1.54) is 0 Å². The van der Waals surface area contributed by atoms with Gasteiger partial charge >= 0.3 is 0 Å². The first-order valence-electron chi connectivity index (χ1n) is 9.54. The summed E-state index contributed by atoms with van der Waals surface area (Å²) in [4.78, 5) is 37.5. The molecule has 0 aliphatic carbocycles. The average Bonchev–Trinajstić information content (AvgIpc) is 3.11. The number of anilines is 1. The van der Waals surface area contributed by atoms with E-state index in [9.17, 15) is 9.59 Å². The third-order valence-electron chi connectivity index (χ3n) is 5.33. The van der Waals surface area contributed by atoms with Gasteiger partial charge in [0.2, 0.25) is 11.9 Å². The number of carbonyl (C=O) groups is 2. The van der Waals surface area contributed by atoms with Crippen LogP contribution in [0.4, 0.5) is 5.95 Å². The maximum Gasteiger partial charge on any atom is 0.254 e. The molecule has 9 heteroatoms. The maximum absolute atomic E-state index is 12.9. The standard InChI is InChI=1S/C20H23N7O2/c1-13-16(14(2)27-20(22-13)23-19(21)24-27)12-17(28)25-8-10-26(11-9-25)18(29)15-6-4-3-5-7-15/h3-7H,8-12H2,1-2H3,(H2,21,24). The van der Waals surface area contributed by atoms with Gasteiger partial charge in [0.05, 0.1) is 6.42 Å². The van der Waals surface area contributed by atoms with Crippen LogP contribution in [-0.2, 0) is 11.2 Å². The van der Waals surface area contributed by atoms with Crippen LogP contribution in [0.3, 0.4) is 0 Å². The Morgan fingerprint density at radius 3 is 2.34 bits per heavy atom. The van der Waals surface area contributed by atoms with E-state index in [0.717, 1.165) is 17.0 Å². The highest BCUT2D eigenvalue weighted by atomic mass is 16.2. The Morgan fingerprint density at radius 2 is 1.66 bits per heavy atom. The number of nitrogens with two attached hydrogens (primary N) is 1. The molecule has 1 saturated heterocycles. The maximum atomic E-state index is 12.9. The van der Waals surface area contributed by atoms with Crippen molar-refractivity contribution in [3.8, 4) is 0 Å². The van der Waals surface area contributed by atoms with Crippen LogP contribution in [-0.4, -0.2) is 67.4 Å². The molecule has 1 aromatic carbocycles. The third kappa shape index (κ3) is 3.63. The summed E-state index contributed by atoms with van der Waals surface area (Å²) >= 11 is 0. The zero-order chi connectivity index (χ0) is 20.5. The van der Waals surface area contributed by atoms with Gasteiger partial charge in [0.1, 0.15) is 0 Å². The van der Waals surface area contributed by atoms with Gasteiger partial charge in [0, 0.05) is 48.7 Å². The van der Waals surface area contributed by atoms with Crippen LogP contribution in [0.5, 0.6) is 0 Å². The quantitative estimate of drug-likeness (QED) is 0.706. The fourth-order valence-electron chi connectivity index (χ4n) is 3.66. The van der Waals surface area contributed by atoms with Gasteiger partial charge in [-0.3, -0.25) is 9.59 Å². The van der Waals surface area contributed by atoms with Crippen molar-refractivity contribution in [1.29, 1.82) is 0 Å². The van der Waals surface area contributed by atoms with Crippen molar-refractivity contribution in [2.24, 2.45) is 0 Å². The van der Waals surface area contributed by atoms with Gasteiger partial charge in [-0.1, -0.05) is 18.2 Å². The van der Waals surface area contributed by atoms with Gasteiger partial charge in [-0.25, -0.2) is 4.98 Å². The molecule has 2 aromatic heterocycles. The minimum absolute atomic E-state index is 0.00260. The smallest absolute Gasteiger partial charge is 0.254 e. The Hall–Kier alpha value is -3.49. The number of nitrogen functional groups attached to an aromatic ring is 1. The number of hydrogen-bond donors (Lipinski definition) is 1. The van der Waals surface area contributed by atoms with E-state index >= 15 is 0 Å². The SMILES string of the molecule is Cc1nc2nc(N)nn2c(C)c1CC(=O)N1CCN(C(=O)c2ccccc2)CC1. The fourth-order valence-corrected chi connectivity index (χ4v) is 3.66. The highest BCUT2D eigenvalue weighted by molar-refractivity contribution is 5.94. The molecular weight excluding hydrogens is 370 g/mol. The average molecular weight is 393 g/mol. The lowest BCUT2D eigenvalue weighted by Gasteiger charge is -2.35. The lowest BCUT2D eigenvalue weighted by molar-refractivity contribution is -0.131. The number of aromatic nitrogens is 4. The Balaban J connectivity index is 1.43. The highest BCUT2D eigenvalue weighted by Crippen LogP contribution is 2.17. The summed E-state index contributed by atoms with van der Waals surface area (Å²) in [5, 5.41) is 4.14. The first kappa shape index (κ1) is 18.9. The van der Waals surface area contributed by atoms with E-state index in [1.54, 1.807) is 14.3 Å². The first-order chi connectivity index (χ1) is 13.9. The number of amides is 2. The number of rotatable bonds is 3. The number of nitrogens with zero attached hydrogens (tertiary/aromatic N) is 6. The summed E-state index contributed by atoms with van der Waals surface area (Å²) in [6, 6.07) is 9.21. The van der Waals surface area contributed by atoms with Crippen LogP contribution in [0, 0.1) is 13.8 Å². The van der Waals surface area contributed by atoms with E-state index in [2.05, 4.69) is 15.1 Å². The van der Waals surface area contributed by atoms with E-state index < -0.39 is 0 Å². The van der Waals surface area contributed by atoms with Crippen LogP contribution in [0.2, 0.25) is 0 Å². The fraction of sp³-hybridized carbons (Fsp3) is 0.350. The largest absolute Gasteiger partial charge is 0.366 e. The van der Waals surface area contributed by atoms with E-state index in [4.69, 9.17) is 5.73 Å². The number of hydrogen-bond acceptors (Lipinski definition) is 6. The molecule has 4 rings (SSSR count). The second-order valence-corrected chi connectivity index (χ2v) is 7.16. The molecule has 0 radical (unpaired) electrons. The van der Waals surface area contributed by atoms with Crippen LogP contribution in [0.15, 0.2) is 30.3 Å². The van der Waals surface area contributed by atoms with Crippen molar-refractivity contribution in [3.05, 3.63) is 52.8 Å². The molecule has 29 heavy (non-hydrogen) atoms. The van der Waals surface area contributed by atoms with Crippen molar-refractivity contribution >= 4 is 23.5 Å². The minimum Gasteiger partial charge on any atom is -0.366 e. The molecular formula is C20H23N7O2. The van der Waals surface area contributed by atoms with Crippen LogP contribution in [0.25, 0.3) is 5.78 Å². The van der Waals surface area contributed by atoms with Crippen molar-refractivity contribution in [2.75, 3.05) is 31.9 Å². The predicted octanol–water partition coefficient (Wildman–Crippen LogP) is 0.850. The van der Waals surface area contributed by atoms with Gasteiger partial charge in [0.15, 0.2) is 0 Å². The van der Waals surface area contributed by atoms with E-state index in [1.807, 2.05) is 44.2 Å². The van der Waals surface area contributed by atoms with Crippen LogP contribution >= 0.6 is 0 Å². The summed E-state index contributed by atoms with van der Waals surface area (Å²) in [7, 11) is 0. The van der Waals surface area contributed by atoms with Crippen molar-refractivity contribution in [1.82, 2.24) is 29.4 Å². The number of fused-ring (bicyclic) bond motifs is 1. The van der Waals surface area contributed by atoms with Gasteiger partial charge < -0.3 is 15.5 Å². The summed E-state index contributed by atoms with van der Waals surface area (Å²) in [5.41, 5.74) is 8.72. The zero-order valence-corrected chi connectivity index (χ0v) is 16.5. The summed E-state index contributed by atoms with van der Waals surface area (Å²) in [6.07, 6.45) is 0.229. The van der Waals surface area contributed by atoms with Gasteiger partial charge in [-0.05, 0) is 26.0 Å². The molecule has 1 fully saturated rings. The number of carbonyl (C=O) groups excluding carboxylic acids is 2. The summed E-state index contributed by atoms with van der Waals surface area (Å²) in [5.74, 6) is 0.601. The Kier molecular flexibility index (Phi) is 4.87. The zero-order valence-electron chi connectivity index (χ0n) is 16.5. The molecule has 0 atom stereocenters. The van der Waals surface area contributed by atoms with Gasteiger partial charge in [0.25, 0.3) is 11.7 Å². The second kappa shape index (κ2) is 7.50. The molecule has 3 aromatic rings. The predicted molar refractivity (Wildman–Crippen MR) is 107 cm³/mol. The van der Waals surface area contributed by atoms with E-state index in [0.29, 0.717) is 37.5 Å². The Labute approximate surface area is 168 Å². The lowest BCUT2D eigenvalue weighted by atomic mass is 10.1. The monoisotopic (exact) mass is 393 g/mol. The molecule has 0 unspecified atom stereocenters. The molecule has 0 bridgehead atoms. The molecule has 1 aliphatic rings. The number of benzene rings is 1. The molecule has 0 spiro atoms. The van der Waals surface area contributed by atoms with Crippen LogP contribution < -0.4 is 5.73 Å². The van der Waals surface area contributed by atoms with Crippen molar-refractivity contribution in [3.63, 3.8) is 0 Å². The topological polar surface area (TPSA) is 110 Å². The summed E-state index contributed by atoms with van der Waals surface area (Å²) < 4.78 is 1.57. The number of aryl methyl sites for hydroxylation is 2. The molecule has 9 nitrogen and oxygen atoms in total. The third-order valence-corrected chi connectivity index (χ3v) is 5.33. The molecule has 0 saturated carbocycles. The lowest BCUT2D eigenvalue weighted by Crippen LogP contribution is -2.51. The summed E-state index contributed by atoms with van der Waals surface area (Å²) in [6.45, 7) is 5.82. The minimum atomic E-state index is 0.00260. The van der Waals surface area contributed by atoms with Gasteiger partial charge in [-0.15, -0.1) is 5.10 Å². The molecule has 2 N–H and O–H groups in total. The van der Waals surface area contributed by atoms with E-state index in [-0.39, 0.29) is 24.2 Å². The molecule has 1 aliphatic heterocycles. The molecule has 3 heterocycles. The molecule has 2 amide bonds. The van der Waals surface area contributed by atoms with Crippen molar-refractivity contribution < 1.29 is 9.59 Å². The van der Waals surface area contributed by atoms with Crippen LogP contribution in [0.1, 0.15) is 27.3 Å². The second-order valence-electron chi connectivity index (χ2n) is 7.16. The first-order valence-corrected chi connectivity index (χ1v) is 9.54. The molecule has 150 valence electrons. The van der Waals surface area contributed by atoms with Crippen molar-refractivity contribution in [2.45, 2.75) is 20.3 Å². The Morgan fingerprint density at radius 1 is 1.00 bits per heavy atom. The highest BCUT2D eigenvalue weighted by Gasteiger charge is 2.26. The van der Waals surface area contributed by atoms with Gasteiger partial charge in [-0.2, -0.15) is 9.50 Å². The normalized spacial score (nSPS) is 14.4. The Bertz CT molecular complexity index is 1070. The number of piperazine rings is 1.